The molecule has 1 aromatic carbocycles. The van der Waals surface area contributed by atoms with E-state index >= 15 is 0 Å². The van der Waals surface area contributed by atoms with Crippen LogP contribution >= 0.6 is 0 Å². The van der Waals surface area contributed by atoms with Crippen molar-refractivity contribution in [1.82, 2.24) is 4.57 Å². The van der Waals surface area contributed by atoms with Crippen LogP contribution in [0.4, 0.5) is 0 Å². The minimum atomic E-state index is -1.70. The molecule has 0 N–H and O–H groups in total. The Bertz CT molecular complexity index is 698. The van der Waals surface area contributed by atoms with Crippen LogP contribution < -0.4 is 4.74 Å². The molecule has 0 spiro atoms. The lowest BCUT2D eigenvalue weighted by molar-refractivity contribution is -0.131. The molecule has 2 aromatic rings. The summed E-state index contributed by atoms with van der Waals surface area (Å²) in [6, 6.07) is 7.74. The number of hydrogen-bond acceptors (Lipinski definition) is 3. The molecule has 0 saturated carbocycles. The van der Waals surface area contributed by atoms with E-state index in [9.17, 15) is 4.79 Å². The summed E-state index contributed by atoms with van der Waals surface area (Å²) in [6.07, 6.45) is 2.05. The maximum absolute atomic E-state index is 11.0. The Kier molecular flexibility index (Phi) is 5.01. The van der Waals surface area contributed by atoms with Gasteiger partial charge in [0, 0.05) is 30.6 Å². The van der Waals surface area contributed by atoms with Crippen molar-refractivity contribution in [3.63, 3.8) is 0 Å². The summed E-state index contributed by atoms with van der Waals surface area (Å²) in [4.78, 5) is 11.0. The predicted octanol–water partition coefficient (Wildman–Crippen LogP) is 4.59. The fourth-order valence-corrected chi connectivity index (χ4v) is 3.25. The summed E-state index contributed by atoms with van der Waals surface area (Å²) in [6.45, 7) is 14.2. The number of carbonyl (C=O) groups is 1. The number of fused-ring (bicyclic) bond motifs is 1. The summed E-state index contributed by atoms with van der Waals surface area (Å²) >= 11 is 0. The summed E-state index contributed by atoms with van der Waals surface area (Å²) in [5, 5.41) is 1.29. The molecule has 126 valence electrons. The van der Waals surface area contributed by atoms with E-state index in [0.29, 0.717) is 12.4 Å². The molecule has 0 atom stereocenters. The van der Waals surface area contributed by atoms with Gasteiger partial charge in [-0.15, -0.1) is 0 Å². The molecule has 2 rings (SSSR count). The van der Waals surface area contributed by atoms with Crippen LogP contribution in [0.2, 0.25) is 18.1 Å². The zero-order valence-corrected chi connectivity index (χ0v) is 16.0. The first-order valence-electron chi connectivity index (χ1n) is 8.01. The SMILES string of the molecule is CC(=O)Oc1ccc2c(ccn2CCO[Si](C)(C)C(C)(C)C)c1. The van der Waals surface area contributed by atoms with Crippen molar-refractivity contribution >= 4 is 25.2 Å². The van der Waals surface area contributed by atoms with Crippen LogP contribution in [0.25, 0.3) is 10.9 Å². The second kappa shape index (κ2) is 6.49. The van der Waals surface area contributed by atoms with E-state index in [1.54, 1.807) is 0 Å². The van der Waals surface area contributed by atoms with Gasteiger partial charge in [0.15, 0.2) is 8.32 Å². The average Bonchev–Trinajstić information content (AvgIpc) is 2.79. The molecule has 0 unspecified atom stereocenters. The molecule has 1 heterocycles. The third-order valence-electron chi connectivity index (χ3n) is 4.61. The minimum Gasteiger partial charge on any atom is -0.427 e. The van der Waals surface area contributed by atoms with Crippen molar-refractivity contribution < 1.29 is 14.0 Å². The van der Waals surface area contributed by atoms with Gasteiger partial charge < -0.3 is 13.7 Å². The second-order valence-electron chi connectivity index (χ2n) is 7.43. The largest absolute Gasteiger partial charge is 0.427 e. The van der Waals surface area contributed by atoms with Crippen molar-refractivity contribution in [2.24, 2.45) is 0 Å². The van der Waals surface area contributed by atoms with E-state index in [-0.39, 0.29) is 11.0 Å². The molecule has 0 aliphatic heterocycles. The van der Waals surface area contributed by atoms with E-state index in [4.69, 9.17) is 9.16 Å². The van der Waals surface area contributed by atoms with E-state index < -0.39 is 8.32 Å². The molecule has 0 radical (unpaired) electrons. The fraction of sp³-hybridized carbons (Fsp3) is 0.500. The monoisotopic (exact) mass is 333 g/mol. The molecule has 0 amide bonds. The van der Waals surface area contributed by atoms with Crippen LogP contribution in [-0.4, -0.2) is 25.5 Å². The zero-order valence-electron chi connectivity index (χ0n) is 15.0. The van der Waals surface area contributed by atoms with Gasteiger partial charge >= 0.3 is 5.97 Å². The second-order valence-corrected chi connectivity index (χ2v) is 12.2. The van der Waals surface area contributed by atoms with E-state index in [1.165, 1.54) is 6.92 Å². The summed E-state index contributed by atoms with van der Waals surface area (Å²) in [7, 11) is -1.70. The lowest BCUT2D eigenvalue weighted by Gasteiger charge is -2.36. The highest BCUT2D eigenvalue weighted by Crippen LogP contribution is 2.36. The Morgan fingerprint density at radius 1 is 1.22 bits per heavy atom. The first-order valence-corrected chi connectivity index (χ1v) is 10.9. The quantitative estimate of drug-likeness (QED) is 0.456. The standard InChI is InChI=1S/C18H27NO3Si/c1-14(20)22-16-7-8-17-15(13-16)9-10-19(17)11-12-21-23(5,6)18(2,3)4/h7-10,13H,11-12H2,1-6H3. The Balaban J connectivity index is 2.06. The van der Waals surface area contributed by atoms with Gasteiger partial charge in [0.2, 0.25) is 0 Å². The van der Waals surface area contributed by atoms with Crippen LogP contribution in [-0.2, 0) is 15.8 Å². The summed E-state index contributed by atoms with van der Waals surface area (Å²) in [5.41, 5.74) is 1.12. The third-order valence-corrected chi connectivity index (χ3v) is 9.14. The molecule has 4 nitrogen and oxygen atoms in total. The predicted molar refractivity (Wildman–Crippen MR) is 96.4 cm³/mol. The van der Waals surface area contributed by atoms with Crippen molar-refractivity contribution in [3.8, 4) is 5.75 Å². The molecule has 23 heavy (non-hydrogen) atoms. The topological polar surface area (TPSA) is 40.5 Å². The van der Waals surface area contributed by atoms with Gasteiger partial charge in [-0.1, -0.05) is 20.8 Å². The highest BCUT2D eigenvalue weighted by molar-refractivity contribution is 6.74. The number of carbonyl (C=O) groups excluding carboxylic acids is 1. The van der Waals surface area contributed by atoms with Crippen molar-refractivity contribution in [2.75, 3.05) is 6.61 Å². The zero-order chi connectivity index (χ0) is 17.3. The maximum Gasteiger partial charge on any atom is 0.308 e. The van der Waals surface area contributed by atoms with Gasteiger partial charge in [0.05, 0.1) is 6.61 Å². The van der Waals surface area contributed by atoms with Gasteiger partial charge in [-0.3, -0.25) is 4.79 Å². The number of esters is 1. The molecule has 0 aliphatic carbocycles. The van der Waals surface area contributed by atoms with Crippen LogP contribution in [0.15, 0.2) is 30.5 Å². The summed E-state index contributed by atoms with van der Waals surface area (Å²) < 4.78 is 13.5. The van der Waals surface area contributed by atoms with Crippen LogP contribution in [0.3, 0.4) is 0 Å². The van der Waals surface area contributed by atoms with Crippen molar-refractivity contribution in [1.29, 1.82) is 0 Å². The normalized spacial score (nSPS) is 12.6. The van der Waals surface area contributed by atoms with Crippen molar-refractivity contribution in [3.05, 3.63) is 30.5 Å². The van der Waals surface area contributed by atoms with Gasteiger partial charge in [0.25, 0.3) is 0 Å². The molecule has 0 aliphatic rings. The summed E-state index contributed by atoms with van der Waals surface area (Å²) in [5.74, 6) is 0.284. The molecule has 1 aromatic heterocycles. The number of ether oxygens (including phenoxy) is 1. The van der Waals surface area contributed by atoms with E-state index in [1.807, 2.05) is 24.3 Å². The van der Waals surface area contributed by atoms with E-state index in [2.05, 4.69) is 44.6 Å². The lowest BCUT2D eigenvalue weighted by Crippen LogP contribution is -2.41. The Morgan fingerprint density at radius 3 is 2.52 bits per heavy atom. The van der Waals surface area contributed by atoms with Crippen LogP contribution in [0.1, 0.15) is 27.7 Å². The minimum absolute atomic E-state index is 0.227. The van der Waals surface area contributed by atoms with Gasteiger partial charge in [-0.05, 0) is 42.4 Å². The van der Waals surface area contributed by atoms with Crippen molar-refractivity contribution in [2.45, 2.75) is 52.4 Å². The highest BCUT2D eigenvalue weighted by Gasteiger charge is 2.36. The molecular weight excluding hydrogens is 306 g/mol. The number of aromatic nitrogens is 1. The molecule has 0 saturated heterocycles. The van der Waals surface area contributed by atoms with E-state index in [0.717, 1.165) is 17.4 Å². The highest BCUT2D eigenvalue weighted by atomic mass is 28.4. The lowest BCUT2D eigenvalue weighted by atomic mass is 10.2. The number of benzene rings is 1. The van der Waals surface area contributed by atoms with Gasteiger partial charge in [-0.25, -0.2) is 0 Å². The smallest absolute Gasteiger partial charge is 0.308 e. The first kappa shape index (κ1) is 17.8. The number of hydrogen-bond donors (Lipinski definition) is 0. The Morgan fingerprint density at radius 2 is 1.91 bits per heavy atom. The number of nitrogens with zero attached hydrogens (tertiary/aromatic N) is 1. The third kappa shape index (κ3) is 4.23. The molecule has 0 bridgehead atoms. The molecule has 0 fully saturated rings. The molecule has 5 heteroatoms. The maximum atomic E-state index is 11.0. The fourth-order valence-electron chi connectivity index (χ4n) is 2.22. The van der Waals surface area contributed by atoms with Gasteiger partial charge in [0.1, 0.15) is 5.75 Å². The average molecular weight is 334 g/mol. The Hall–Kier alpha value is -1.59. The van der Waals surface area contributed by atoms with Gasteiger partial charge in [-0.2, -0.15) is 0 Å². The van der Waals surface area contributed by atoms with Crippen LogP contribution in [0.5, 0.6) is 5.75 Å². The Labute approximate surface area is 139 Å². The number of rotatable bonds is 5. The molecular formula is C18H27NO3Si. The first-order chi connectivity index (χ1) is 10.6. The van der Waals surface area contributed by atoms with Crippen LogP contribution in [0, 0.1) is 0 Å².